The van der Waals surface area contributed by atoms with Crippen LogP contribution in [0.5, 0.6) is 17.2 Å². The molecule has 0 atom stereocenters. The van der Waals surface area contributed by atoms with Crippen LogP contribution >= 0.6 is 0 Å². The maximum absolute atomic E-state index is 12.1. The van der Waals surface area contributed by atoms with E-state index in [2.05, 4.69) is 10.6 Å². The Morgan fingerprint density at radius 1 is 0.625 bits per heavy atom. The maximum Gasteiger partial charge on any atom is 0.500 e. The van der Waals surface area contributed by atoms with E-state index in [1.54, 1.807) is 18.2 Å². The summed E-state index contributed by atoms with van der Waals surface area (Å²) in [5, 5.41) is 5.12. The average molecular weight is 479 g/mol. The Morgan fingerprint density at radius 2 is 1.03 bits per heavy atom. The topological polar surface area (TPSA) is 137 Å². The second-order valence-electron chi connectivity index (χ2n) is 6.30. The van der Waals surface area contributed by atoms with E-state index in [0.717, 1.165) is 6.26 Å². The Morgan fingerprint density at radius 3 is 1.47 bits per heavy atom. The minimum atomic E-state index is -4.33. The lowest BCUT2D eigenvalue weighted by Gasteiger charge is -2.10. The number of anilines is 2. The van der Waals surface area contributed by atoms with Gasteiger partial charge in [-0.15, -0.1) is 8.42 Å². The van der Waals surface area contributed by atoms with Crippen LogP contribution in [0.3, 0.4) is 0 Å². The van der Waals surface area contributed by atoms with Gasteiger partial charge in [0, 0.05) is 11.4 Å². The van der Waals surface area contributed by atoms with Crippen molar-refractivity contribution in [3.8, 4) is 17.2 Å². The van der Waals surface area contributed by atoms with Crippen LogP contribution in [0.15, 0.2) is 78.9 Å². The fraction of sp³-hybridized carbons (Fsp3) is 0.0500. The number of carbonyl (C=O) groups excluding carboxylic acids is 1. The third-order valence-corrected chi connectivity index (χ3v) is 4.90. The number of nitrogens with one attached hydrogen (secondary N) is 2. The van der Waals surface area contributed by atoms with Crippen molar-refractivity contribution in [2.75, 3.05) is 16.9 Å². The molecule has 0 radical (unpaired) electrons. The van der Waals surface area contributed by atoms with Crippen molar-refractivity contribution in [1.29, 1.82) is 0 Å². The van der Waals surface area contributed by atoms with Crippen LogP contribution in [0.1, 0.15) is 0 Å². The van der Waals surface area contributed by atoms with Gasteiger partial charge >= 0.3 is 26.5 Å². The Kier molecular flexibility index (Phi) is 6.85. The third kappa shape index (κ3) is 7.49. The van der Waals surface area contributed by atoms with Crippen molar-refractivity contribution in [2.45, 2.75) is 0 Å². The minimum Gasteiger partial charge on any atom is -0.383 e. The molecule has 2 N–H and O–H groups in total. The van der Waals surface area contributed by atoms with Crippen molar-refractivity contribution >= 4 is 37.9 Å². The van der Waals surface area contributed by atoms with E-state index < -0.39 is 26.5 Å². The van der Waals surface area contributed by atoms with Crippen molar-refractivity contribution in [3.05, 3.63) is 78.9 Å². The van der Waals surface area contributed by atoms with Crippen LogP contribution in [0.25, 0.3) is 0 Å². The van der Waals surface area contributed by atoms with E-state index in [-0.39, 0.29) is 17.2 Å². The number of carbonyl (C=O) groups is 1. The molecule has 12 heteroatoms. The maximum atomic E-state index is 12.1. The van der Waals surface area contributed by atoms with Crippen LogP contribution in [0, 0.1) is 0 Å². The molecule has 0 aliphatic carbocycles. The molecule has 0 aliphatic rings. The molecule has 3 rings (SSSR count). The van der Waals surface area contributed by atoms with Crippen molar-refractivity contribution < 1.29 is 34.2 Å². The number of amides is 2. The number of hydrogen-bond acceptors (Lipinski definition) is 8. The fourth-order valence-corrected chi connectivity index (χ4v) is 3.57. The summed E-state index contributed by atoms with van der Waals surface area (Å²) >= 11 is 0. The molecular formula is C20H18N2O8S2. The monoisotopic (exact) mass is 478 g/mol. The van der Waals surface area contributed by atoms with Gasteiger partial charge in [0.2, 0.25) is 0 Å². The number of benzene rings is 3. The molecule has 0 unspecified atom stereocenters. The Labute approximate surface area is 185 Å². The summed E-state index contributed by atoms with van der Waals surface area (Å²) in [5.41, 5.74) is 0.765. The lowest BCUT2D eigenvalue weighted by atomic mass is 10.3. The highest BCUT2D eigenvalue weighted by molar-refractivity contribution is 7.86. The molecule has 168 valence electrons. The Hall–Kier alpha value is -3.77. The highest BCUT2D eigenvalue weighted by Gasteiger charge is 2.15. The van der Waals surface area contributed by atoms with Gasteiger partial charge in [-0.2, -0.15) is 8.42 Å². The van der Waals surface area contributed by atoms with Gasteiger partial charge in [-0.1, -0.05) is 18.2 Å². The zero-order valence-electron chi connectivity index (χ0n) is 16.6. The van der Waals surface area contributed by atoms with E-state index in [1.807, 2.05) is 0 Å². The van der Waals surface area contributed by atoms with Crippen LogP contribution in [0.4, 0.5) is 16.2 Å². The first kappa shape index (κ1) is 22.9. The molecule has 0 saturated heterocycles. The predicted molar refractivity (Wildman–Crippen MR) is 118 cm³/mol. The zero-order chi connectivity index (χ0) is 23.2. The van der Waals surface area contributed by atoms with Crippen LogP contribution in [0.2, 0.25) is 0 Å². The molecule has 0 aromatic heterocycles. The number of rotatable bonds is 8. The first-order valence-corrected chi connectivity index (χ1v) is 12.1. The molecule has 3 aromatic carbocycles. The molecule has 0 aliphatic heterocycles. The standard InChI is InChI=1S/C20H18N2O8S2/c1-31(24,25)28-18-11-7-15(8-12-18)21-20(23)22-16-9-13-19(14-10-16)30-32(26,27)29-17-5-3-2-4-6-17/h2-14H,1H3,(H2,21,22,23). The summed E-state index contributed by atoms with van der Waals surface area (Å²) in [7, 11) is -7.97. The molecule has 10 nitrogen and oxygen atoms in total. The van der Waals surface area contributed by atoms with Crippen LogP contribution in [-0.4, -0.2) is 29.1 Å². The van der Waals surface area contributed by atoms with Gasteiger partial charge in [0.05, 0.1) is 6.26 Å². The molecule has 3 aromatic rings. The predicted octanol–water partition coefficient (Wildman–Crippen LogP) is 3.37. The van der Waals surface area contributed by atoms with E-state index >= 15 is 0 Å². The first-order chi connectivity index (χ1) is 15.1. The zero-order valence-corrected chi connectivity index (χ0v) is 18.2. The molecule has 0 bridgehead atoms. The quantitative estimate of drug-likeness (QED) is 0.470. The van der Waals surface area contributed by atoms with Crippen LogP contribution < -0.4 is 23.2 Å². The highest BCUT2D eigenvalue weighted by atomic mass is 32.3. The number of urea groups is 1. The van der Waals surface area contributed by atoms with Crippen LogP contribution in [-0.2, 0) is 20.5 Å². The SMILES string of the molecule is CS(=O)(=O)Oc1ccc(NC(=O)Nc2ccc(OS(=O)(=O)Oc3ccccc3)cc2)cc1. The van der Waals surface area contributed by atoms with Gasteiger partial charge < -0.3 is 23.2 Å². The summed E-state index contributed by atoms with van der Waals surface area (Å²) in [4.78, 5) is 12.1. The molecule has 2 amide bonds. The van der Waals surface area contributed by atoms with Gasteiger partial charge in [-0.25, -0.2) is 4.79 Å². The summed E-state index contributed by atoms with van der Waals surface area (Å²) < 4.78 is 60.6. The molecule has 0 spiro atoms. The normalized spacial score (nSPS) is 11.3. The third-order valence-electron chi connectivity index (χ3n) is 3.61. The molecule has 0 heterocycles. The molecule has 32 heavy (non-hydrogen) atoms. The largest absolute Gasteiger partial charge is 0.500 e. The van der Waals surface area contributed by atoms with Gasteiger partial charge in [0.1, 0.15) is 17.2 Å². The summed E-state index contributed by atoms with van der Waals surface area (Å²) in [5.74, 6) is 0.215. The minimum absolute atomic E-state index is 0.00615. The molecule has 0 fully saturated rings. The van der Waals surface area contributed by atoms with E-state index in [0.29, 0.717) is 11.4 Å². The first-order valence-electron chi connectivity index (χ1n) is 8.94. The van der Waals surface area contributed by atoms with Gasteiger partial charge in [0.15, 0.2) is 0 Å². The van der Waals surface area contributed by atoms with Gasteiger partial charge in [-0.3, -0.25) is 0 Å². The second-order valence-corrected chi connectivity index (χ2v) is 9.03. The lowest BCUT2D eigenvalue weighted by molar-refractivity contribution is 0.262. The van der Waals surface area contributed by atoms with Crippen molar-refractivity contribution in [1.82, 2.24) is 0 Å². The van der Waals surface area contributed by atoms with Crippen molar-refractivity contribution in [2.24, 2.45) is 0 Å². The molecular weight excluding hydrogens is 460 g/mol. The second kappa shape index (κ2) is 9.58. The van der Waals surface area contributed by atoms with Crippen molar-refractivity contribution in [3.63, 3.8) is 0 Å². The average Bonchev–Trinajstić information content (AvgIpc) is 2.70. The van der Waals surface area contributed by atoms with E-state index in [9.17, 15) is 21.6 Å². The lowest BCUT2D eigenvalue weighted by Crippen LogP contribution is -2.19. The summed E-state index contributed by atoms with van der Waals surface area (Å²) in [6.45, 7) is 0. The van der Waals surface area contributed by atoms with Gasteiger partial charge in [0.25, 0.3) is 0 Å². The smallest absolute Gasteiger partial charge is 0.383 e. The summed E-state index contributed by atoms with van der Waals surface area (Å²) in [6, 6.07) is 18.6. The number of para-hydroxylation sites is 1. The Bertz CT molecular complexity index is 1280. The Balaban J connectivity index is 1.54. The fourth-order valence-electron chi connectivity index (χ4n) is 2.38. The van der Waals surface area contributed by atoms with E-state index in [1.165, 1.54) is 60.7 Å². The highest BCUT2D eigenvalue weighted by Crippen LogP contribution is 2.21. The summed E-state index contributed by atoms with van der Waals surface area (Å²) in [6.07, 6.45) is 0.925. The van der Waals surface area contributed by atoms with E-state index in [4.69, 9.17) is 12.5 Å². The molecule has 0 saturated carbocycles. The van der Waals surface area contributed by atoms with Gasteiger partial charge in [-0.05, 0) is 60.7 Å². The number of hydrogen-bond donors (Lipinski definition) is 2.